The summed E-state index contributed by atoms with van der Waals surface area (Å²) in [6, 6.07) is 0. The Morgan fingerprint density at radius 1 is 0.867 bits per heavy atom. The van der Waals surface area contributed by atoms with E-state index in [1.807, 2.05) is 5.48 Å². The summed E-state index contributed by atoms with van der Waals surface area (Å²) >= 11 is 6.09. The molecule has 0 spiro atoms. The molecule has 0 saturated heterocycles. The molecule has 0 aliphatic carbocycles. The number of nitrogens with zero attached hydrogens (tertiary/aromatic N) is 1. The van der Waals surface area contributed by atoms with Gasteiger partial charge in [-0.25, -0.2) is 4.79 Å². The fourth-order valence-electron chi connectivity index (χ4n) is 1.98. The number of carbonyl (C=O) groups is 5. The first-order chi connectivity index (χ1) is 14.4. The average molecular weight is 558 g/mol. The van der Waals surface area contributed by atoms with Gasteiger partial charge in [-0.3, -0.25) is 19.3 Å². The molecule has 0 fully saturated rings. The summed E-state index contributed by atoms with van der Waals surface area (Å²) in [6.45, 7) is 1.54. The van der Waals surface area contributed by atoms with E-state index in [1.165, 1.54) is 0 Å². The minimum Gasteiger partial charge on any atom is -0.378 e. The van der Waals surface area contributed by atoms with E-state index in [2.05, 4.69) is 36.7 Å². The minimum atomic E-state index is -0.659. The molecule has 11 nitrogen and oxygen atoms in total. The number of hydrogen-bond donors (Lipinski definition) is 1. The second kappa shape index (κ2) is 15.2. The summed E-state index contributed by atoms with van der Waals surface area (Å²) in [5.41, 5.74) is 1.94. The summed E-state index contributed by atoms with van der Waals surface area (Å²) in [6.07, 6.45) is 0.558. The van der Waals surface area contributed by atoms with Crippen LogP contribution in [-0.4, -0.2) is 81.1 Å². The standard InChI is InChI=1S/C17H22Br2N2O9/c18-14-15(19)17(26)21(16(14)25)4-7-28-9-11-29-10-8-27-6-3-13(24)30-20-12(23)2-1-5-22/h5H,1-4,6-11H2,(H,20,23). The summed E-state index contributed by atoms with van der Waals surface area (Å²) in [7, 11) is 0. The largest absolute Gasteiger partial charge is 0.378 e. The van der Waals surface area contributed by atoms with Crippen molar-refractivity contribution < 1.29 is 43.0 Å². The smallest absolute Gasteiger partial charge is 0.334 e. The second-order valence-corrected chi connectivity index (χ2v) is 7.27. The third-order valence-electron chi connectivity index (χ3n) is 3.48. The van der Waals surface area contributed by atoms with E-state index in [0.717, 1.165) is 4.90 Å². The van der Waals surface area contributed by atoms with Gasteiger partial charge in [0, 0.05) is 12.8 Å². The number of ether oxygens (including phenoxy) is 3. The maximum absolute atomic E-state index is 11.8. The Bertz CT molecular complexity index is 646. The fraction of sp³-hybridized carbons (Fsp3) is 0.588. The maximum atomic E-state index is 11.8. The van der Waals surface area contributed by atoms with E-state index in [9.17, 15) is 24.0 Å². The van der Waals surface area contributed by atoms with Gasteiger partial charge in [-0.2, -0.15) is 5.48 Å². The van der Waals surface area contributed by atoms with Crippen molar-refractivity contribution in [2.24, 2.45) is 0 Å². The Balaban J connectivity index is 1.91. The molecule has 1 rings (SSSR count). The first-order valence-electron chi connectivity index (χ1n) is 8.95. The second-order valence-electron chi connectivity index (χ2n) is 5.68. The van der Waals surface area contributed by atoms with Crippen LogP contribution in [0.4, 0.5) is 0 Å². The van der Waals surface area contributed by atoms with Gasteiger partial charge in [0.2, 0.25) is 0 Å². The zero-order valence-corrected chi connectivity index (χ0v) is 19.2. The van der Waals surface area contributed by atoms with Crippen LogP contribution in [0.15, 0.2) is 8.96 Å². The molecule has 0 aromatic rings. The van der Waals surface area contributed by atoms with Crippen molar-refractivity contribution in [3.63, 3.8) is 0 Å². The van der Waals surface area contributed by atoms with Crippen LogP contribution >= 0.6 is 31.9 Å². The van der Waals surface area contributed by atoms with Gasteiger partial charge in [-0.05, 0) is 31.9 Å². The molecular weight excluding hydrogens is 536 g/mol. The molecular formula is C17H22Br2N2O9. The van der Waals surface area contributed by atoms with E-state index >= 15 is 0 Å². The molecule has 30 heavy (non-hydrogen) atoms. The third kappa shape index (κ3) is 9.89. The summed E-state index contributed by atoms with van der Waals surface area (Å²) in [4.78, 5) is 61.7. The van der Waals surface area contributed by atoms with Crippen molar-refractivity contribution in [3.05, 3.63) is 8.96 Å². The Hall–Kier alpha value is -1.67. The van der Waals surface area contributed by atoms with E-state index in [1.54, 1.807) is 0 Å². The van der Waals surface area contributed by atoms with Crippen LogP contribution in [-0.2, 0) is 43.0 Å². The topological polar surface area (TPSA) is 138 Å². The first-order valence-corrected chi connectivity index (χ1v) is 10.5. The molecule has 1 N–H and O–H groups in total. The van der Waals surface area contributed by atoms with Gasteiger partial charge in [0.05, 0.1) is 52.6 Å². The number of nitrogens with one attached hydrogen (secondary N) is 1. The zero-order chi connectivity index (χ0) is 22.4. The number of hydroxylamine groups is 1. The lowest BCUT2D eigenvalue weighted by Crippen LogP contribution is -2.34. The molecule has 0 unspecified atom stereocenters. The van der Waals surface area contributed by atoms with Crippen LogP contribution in [0.25, 0.3) is 0 Å². The number of hydrogen-bond acceptors (Lipinski definition) is 9. The molecule has 0 saturated carbocycles. The number of rotatable bonds is 15. The average Bonchev–Trinajstić information content (AvgIpc) is 2.91. The van der Waals surface area contributed by atoms with Crippen LogP contribution in [0.1, 0.15) is 19.3 Å². The fourth-order valence-corrected chi connectivity index (χ4v) is 2.75. The van der Waals surface area contributed by atoms with Crippen molar-refractivity contribution in [2.45, 2.75) is 19.3 Å². The molecule has 1 heterocycles. The molecule has 1 aliphatic heterocycles. The SMILES string of the molecule is O=CCCC(=O)NOC(=O)CCOCCOCCOCCN1C(=O)C(Br)=C(Br)C1=O. The third-order valence-corrected chi connectivity index (χ3v) is 5.48. The number of halogens is 2. The number of imide groups is 1. The molecule has 1 aliphatic rings. The highest BCUT2D eigenvalue weighted by Gasteiger charge is 2.35. The van der Waals surface area contributed by atoms with E-state index in [-0.39, 0.29) is 67.8 Å². The maximum Gasteiger partial charge on any atom is 0.334 e. The predicted molar refractivity (Wildman–Crippen MR) is 108 cm³/mol. The highest BCUT2D eigenvalue weighted by molar-refractivity contribution is 9.14. The molecule has 0 bridgehead atoms. The van der Waals surface area contributed by atoms with Crippen LogP contribution in [0.2, 0.25) is 0 Å². The molecule has 3 amide bonds. The zero-order valence-electron chi connectivity index (χ0n) is 16.0. The van der Waals surface area contributed by atoms with E-state index in [4.69, 9.17) is 14.2 Å². The van der Waals surface area contributed by atoms with Gasteiger partial charge < -0.3 is 23.8 Å². The summed E-state index contributed by atoms with van der Waals surface area (Å²) < 4.78 is 16.2. The van der Waals surface area contributed by atoms with Gasteiger partial charge >= 0.3 is 5.97 Å². The van der Waals surface area contributed by atoms with Gasteiger partial charge in [-0.15, -0.1) is 0 Å². The van der Waals surface area contributed by atoms with Crippen LogP contribution < -0.4 is 5.48 Å². The van der Waals surface area contributed by atoms with Gasteiger partial charge in [0.1, 0.15) is 15.3 Å². The Morgan fingerprint density at radius 2 is 1.40 bits per heavy atom. The number of amides is 3. The van der Waals surface area contributed by atoms with Gasteiger partial charge in [0.25, 0.3) is 17.7 Å². The van der Waals surface area contributed by atoms with Gasteiger partial charge in [-0.1, -0.05) is 0 Å². The quantitative estimate of drug-likeness (QED) is 0.131. The normalized spacial score (nSPS) is 13.7. The lowest BCUT2D eigenvalue weighted by atomic mass is 10.3. The highest BCUT2D eigenvalue weighted by Crippen LogP contribution is 2.28. The first kappa shape index (κ1) is 26.4. The van der Waals surface area contributed by atoms with Crippen molar-refractivity contribution in [3.8, 4) is 0 Å². The molecule has 13 heteroatoms. The van der Waals surface area contributed by atoms with E-state index < -0.39 is 23.7 Å². The molecule has 0 aromatic carbocycles. The number of carbonyl (C=O) groups excluding carboxylic acids is 5. The van der Waals surface area contributed by atoms with Crippen molar-refractivity contribution in [2.75, 3.05) is 46.2 Å². The predicted octanol–water partition coefficient (Wildman–Crippen LogP) is 0.350. The molecule has 168 valence electrons. The van der Waals surface area contributed by atoms with Crippen LogP contribution in [0.5, 0.6) is 0 Å². The van der Waals surface area contributed by atoms with Gasteiger partial charge in [0.15, 0.2) is 0 Å². The van der Waals surface area contributed by atoms with Crippen molar-refractivity contribution in [1.29, 1.82) is 0 Å². The Morgan fingerprint density at radius 3 is 1.97 bits per heavy atom. The van der Waals surface area contributed by atoms with Crippen molar-refractivity contribution >= 4 is 61.8 Å². The van der Waals surface area contributed by atoms with Crippen molar-refractivity contribution in [1.82, 2.24) is 10.4 Å². The molecule has 0 radical (unpaired) electrons. The summed E-state index contributed by atoms with van der Waals surface area (Å²) in [5, 5.41) is 0. The molecule has 0 atom stereocenters. The highest BCUT2D eigenvalue weighted by atomic mass is 79.9. The van der Waals surface area contributed by atoms with Crippen LogP contribution in [0.3, 0.4) is 0 Å². The minimum absolute atomic E-state index is 0.0460. The monoisotopic (exact) mass is 556 g/mol. The Kier molecular flexibility index (Phi) is 13.3. The molecule has 0 aromatic heterocycles. The summed E-state index contributed by atoms with van der Waals surface area (Å²) in [5.74, 6) is -2.03. The lowest BCUT2D eigenvalue weighted by molar-refractivity contribution is -0.159. The lowest BCUT2D eigenvalue weighted by Gasteiger charge is -2.14. The number of aldehydes is 1. The van der Waals surface area contributed by atoms with Crippen LogP contribution in [0, 0.1) is 0 Å². The Labute approximate surface area is 189 Å². The van der Waals surface area contributed by atoms with E-state index in [0.29, 0.717) is 12.9 Å².